The van der Waals surface area contributed by atoms with Crippen LogP contribution in [0, 0.1) is 0 Å². The second-order valence-corrected chi connectivity index (χ2v) is 4.32. The fourth-order valence-electron chi connectivity index (χ4n) is 1.47. The molecule has 1 aliphatic rings. The predicted octanol–water partition coefficient (Wildman–Crippen LogP) is 0.621. The van der Waals surface area contributed by atoms with Crippen LogP contribution in [0.4, 0.5) is 5.95 Å². The molecule has 1 aromatic rings. The smallest absolute Gasteiger partial charge is 0.225 e. The standard InChI is InChI=1S/C9H11ClN4OS/c10-6-3-12-9(13-4-6)14-1-2-15-7(5-14)8(11)16/h3-4,7H,1-2,5H2,(H2,11,16). The van der Waals surface area contributed by atoms with Crippen LogP contribution in [-0.4, -0.2) is 40.8 Å². The molecule has 2 N–H and O–H groups in total. The van der Waals surface area contributed by atoms with Crippen molar-refractivity contribution in [3.05, 3.63) is 17.4 Å². The number of halogens is 1. The van der Waals surface area contributed by atoms with Crippen molar-refractivity contribution in [3.63, 3.8) is 0 Å². The van der Waals surface area contributed by atoms with Crippen LogP contribution >= 0.6 is 23.8 Å². The van der Waals surface area contributed by atoms with Crippen molar-refractivity contribution in [2.75, 3.05) is 24.6 Å². The molecule has 1 fully saturated rings. The largest absolute Gasteiger partial charge is 0.391 e. The van der Waals surface area contributed by atoms with Crippen molar-refractivity contribution in [2.24, 2.45) is 5.73 Å². The Morgan fingerprint density at radius 3 is 2.88 bits per heavy atom. The highest BCUT2D eigenvalue weighted by Crippen LogP contribution is 2.14. The summed E-state index contributed by atoms with van der Waals surface area (Å²) in [7, 11) is 0. The summed E-state index contributed by atoms with van der Waals surface area (Å²) in [5, 5.41) is 0.517. The molecule has 1 atom stereocenters. The Morgan fingerprint density at radius 2 is 2.25 bits per heavy atom. The van der Waals surface area contributed by atoms with Gasteiger partial charge >= 0.3 is 0 Å². The number of morpholine rings is 1. The number of aromatic nitrogens is 2. The van der Waals surface area contributed by atoms with Gasteiger partial charge in [0.1, 0.15) is 11.1 Å². The van der Waals surface area contributed by atoms with E-state index in [1.807, 2.05) is 4.90 Å². The molecule has 0 aliphatic carbocycles. The summed E-state index contributed by atoms with van der Waals surface area (Å²) in [6.45, 7) is 1.87. The molecule has 2 heterocycles. The van der Waals surface area contributed by atoms with Crippen molar-refractivity contribution in [1.82, 2.24) is 9.97 Å². The van der Waals surface area contributed by atoms with E-state index in [0.29, 0.717) is 29.1 Å². The number of hydrogen-bond acceptors (Lipinski definition) is 5. The van der Waals surface area contributed by atoms with Gasteiger partial charge in [0, 0.05) is 6.54 Å². The normalized spacial score (nSPS) is 20.8. The molecule has 1 unspecified atom stereocenters. The Hall–Kier alpha value is -0.980. The average molecular weight is 259 g/mol. The van der Waals surface area contributed by atoms with Gasteiger partial charge in [-0.1, -0.05) is 23.8 Å². The maximum absolute atomic E-state index is 5.72. The average Bonchev–Trinajstić information content (AvgIpc) is 2.30. The number of nitrogens with two attached hydrogens (primary N) is 1. The number of anilines is 1. The van der Waals surface area contributed by atoms with Gasteiger partial charge in [-0.15, -0.1) is 0 Å². The van der Waals surface area contributed by atoms with Crippen molar-refractivity contribution < 1.29 is 4.74 Å². The van der Waals surface area contributed by atoms with Gasteiger partial charge in [-0.3, -0.25) is 0 Å². The van der Waals surface area contributed by atoms with Crippen LogP contribution in [0.2, 0.25) is 5.02 Å². The van der Waals surface area contributed by atoms with E-state index < -0.39 is 0 Å². The highest BCUT2D eigenvalue weighted by Gasteiger charge is 2.23. The molecule has 0 saturated carbocycles. The number of hydrogen-bond donors (Lipinski definition) is 1. The molecule has 0 bridgehead atoms. The molecule has 0 aromatic carbocycles. The quantitative estimate of drug-likeness (QED) is 0.785. The van der Waals surface area contributed by atoms with Gasteiger partial charge in [-0.05, 0) is 0 Å². The summed E-state index contributed by atoms with van der Waals surface area (Å²) < 4.78 is 5.43. The maximum atomic E-state index is 5.72. The van der Waals surface area contributed by atoms with Crippen molar-refractivity contribution >= 4 is 34.8 Å². The third-order valence-electron chi connectivity index (χ3n) is 2.27. The van der Waals surface area contributed by atoms with Gasteiger partial charge in [0.2, 0.25) is 5.95 Å². The highest BCUT2D eigenvalue weighted by atomic mass is 35.5. The Bertz CT molecular complexity index is 386. The fourth-order valence-corrected chi connectivity index (χ4v) is 1.71. The first-order chi connectivity index (χ1) is 7.66. The second kappa shape index (κ2) is 4.90. The van der Waals surface area contributed by atoms with Crippen LogP contribution in [-0.2, 0) is 4.74 Å². The van der Waals surface area contributed by atoms with Crippen LogP contribution in [0.3, 0.4) is 0 Å². The Labute approximate surface area is 104 Å². The zero-order chi connectivity index (χ0) is 11.5. The first kappa shape index (κ1) is 11.5. The highest BCUT2D eigenvalue weighted by molar-refractivity contribution is 7.80. The monoisotopic (exact) mass is 258 g/mol. The summed E-state index contributed by atoms with van der Waals surface area (Å²) in [6.07, 6.45) is 2.90. The lowest BCUT2D eigenvalue weighted by Gasteiger charge is -2.32. The maximum Gasteiger partial charge on any atom is 0.225 e. The minimum atomic E-state index is -0.233. The molecule has 1 aliphatic heterocycles. The third kappa shape index (κ3) is 2.58. The SMILES string of the molecule is NC(=S)C1CN(c2ncc(Cl)cn2)CCO1. The van der Waals surface area contributed by atoms with Gasteiger partial charge in [0.25, 0.3) is 0 Å². The summed E-state index contributed by atoms with van der Waals surface area (Å²) >= 11 is 10.6. The first-order valence-corrected chi connectivity index (χ1v) is 5.59. The minimum absolute atomic E-state index is 0.233. The van der Waals surface area contributed by atoms with Gasteiger partial charge in [-0.25, -0.2) is 9.97 Å². The molecule has 16 heavy (non-hydrogen) atoms. The Balaban J connectivity index is 2.09. The number of rotatable bonds is 2. The second-order valence-electron chi connectivity index (χ2n) is 3.41. The zero-order valence-corrected chi connectivity index (χ0v) is 10.0. The number of nitrogens with zero attached hydrogens (tertiary/aromatic N) is 3. The fraction of sp³-hybridized carbons (Fsp3) is 0.444. The van der Waals surface area contributed by atoms with Crippen LogP contribution in [0.15, 0.2) is 12.4 Å². The van der Waals surface area contributed by atoms with Gasteiger partial charge in [-0.2, -0.15) is 0 Å². The van der Waals surface area contributed by atoms with E-state index in [0.717, 1.165) is 6.54 Å². The van der Waals surface area contributed by atoms with E-state index in [4.69, 9.17) is 34.3 Å². The molecule has 0 radical (unpaired) electrons. The molecule has 1 saturated heterocycles. The first-order valence-electron chi connectivity index (χ1n) is 4.80. The molecule has 1 aromatic heterocycles. The summed E-state index contributed by atoms with van der Waals surface area (Å²) in [4.78, 5) is 10.6. The molecular formula is C9H11ClN4OS. The van der Waals surface area contributed by atoms with E-state index in [1.54, 1.807) is 12.4 Å². The number of ether oxygens (including phenoxy) is 1. The summed E-state index contributed by atoms with van der Waals surface area (Å²) in [6, 6.07) is 0. The van der Waals surface area contributed by atoms with E-state index in [-0.39, 0.29) is 6.10 Å². The molecule has 2 rings (SSSR count). The van der Waals surface area contributed by atoms with Gasteiger partial charge < -0.3 is 15.4 Å². The molecule has 0 amide bonds. The minimum Gasteiger partial charge on any atom is -0.391 e. The summed E-state index contributed by atoms with van der Waals surface area (Å²) in [5.41, 5.74) is 5.55. The molecule has 7 heteroatoms. The zero-order valence-electron chi connectivity index (χ0n) is 8.47. The van der Waals surface area contributed by atoms with Gasteiger partial charge in [0.15, 0.2) is 0 Å². The Kier molecular flexibility index (Phi) is 3.52. The van der Waals surface area contributed by atoms with E-state index >= 15 is 0 Å². The number of thiocarbonyl (C=S) groups is 1. The predicted molar refractivity (Wildman–Crippen MR) is 65.8 cm³/mol. The van der Waals surface area contributed by atoms with Crippen LogP contribution in [0.1, 0.15) is 0 Å². The van der Waals surface area contributed by atoms with E-state index in [1.165, 1.54) is 0 Å². The lowest BCUT2D eigenvalue weighted by Crippen LogP contribution is -2.48. The van der Waals surface area contributed by atoms with Gasteiger partial charge in [0.05, 0.1) is 30.6 Å². The van der Waals surface area contributed by atoms with Crippen LogP contribution in [0.25, 0.3) is 0 Å². The lowest BCUT2D eigenvalue weighted by molar-refractivity contribution is 0.0840. The van der Waals surface area contributed by atoms with Crippen LogP contribution < -0.4 is 10.6 Å². The molecule has 5 nitrogen and oxygen atoms in total. The van der Waals surface area contributed by atoms with Crippen LogP contribution in [0.5, 0.6) is 0 Å². The molecule has 0 spiro atoms. The summed E-state index contributed by atoms with van der Waals surface area (Å²) in [5.74, 6) is 0.619. The van der Waals surface area contributed by atoms with E-state index in [9.17, 15) is 0 Å². The third-order valence-corrected chi connectivity index (χ3v) is 2.73. The topological polar surface area (TPSA) is 64.3 Å². The van der Waals surface area contributed by atoms with Crippen molar-refractivity contribution in [2.45, 2.75) is 6.10 Å². The molecule has 86 valence electrons. The van der Waals surface area contributed by atoms with Crippen molar-refractivity contribution in [3.8, 4) is 0 Å². The van der Waals surface area contributed by atoms with Crippen molar-refractivity contribution in [1.29, 1.82) is 0 Å². The molecular weight excluding hydrogens is 248 g/mol. The van der Waals surface area contributed by atoms with E-state index in [2.05, 4.69) is 9.97 Å². The Morgan fingerprint density at radius 1 is 1.56 bits per heavy atom. The lowest BCUT2D eigenvalue weighted by atomic mass is 10.3.